The molecule has 6 heterocycles. The Morgan fingerprint density at radius 2 is 0.670 bits per heavy atom. The predicted octanol–water partition coefficient (Wildman–Crippen LogP) is 3.64. The van der Waals surface area contributed by atoms with Crippen LogP contribution in [-0.2, 0) is 83.4 Å². The molecule has 32 nitrogen and oxygen atoms in total. The number of para-hydroxylation sites is 4. The summed E-state index contributed by atoms with van der Waals surface area (Å²) in [4.78, 5) is 133. The largest absolute Gasteiger partial charge is 0.473 e. The van der Waals surface area contributed by atoms with E-state index < -0.39 is 59.7 Å². The summed E-state index contributed by atoms with van der Waals surface area (Å²) < 4.78 is 41.3. The summed E-state index contributed by atoms with van der Waals surface area (Å²) in [5.41, 5.74) is 6.43. The molecule has 0 spiro atoms. The van der Waals surface area contributed by atoms with Gasteiger partial charge in [0.15, 0.2) is 0 Å². The van der Waals surface area contributed by atoms with E-state index in [0.29, 0.717) is 51.2 Å². The third-order valence-electron chi connectivity index (χ3n) is 14.3. The molecule has 4 aliphatic rings. The summed E-state index contributed by atoms with van der Waals surface area (Å²) in [6.45, 7) is 11.3. The van der Waals surface area contributed by atoms with Crippen LogP contribution in [0.1, 0.15) is 48.5 Å². The average molecular weight is 1320 g/mol. The number of fused-ring (bicyclic) bond motifs is 2. The number of piperidine rings is 2. The fourth-order valence-electron chi connectivity index (χ4n) is 9.59. The smallest absolute Gasteiger partial charge is 0.414 e. The molecular formula is C60H68F2N8O24. The second-order valence-corrected chi connectivity index (χ2v) is 20.7. The van der Waals surface area contributed by atoms with Gasteiger partial charge in [-0.1, -0.05) is 48.5 Å². The van der Waals surface area contributed by atoms with E-state index in [9.17, 15) is 18.4 Å². The number of likely N-dealkylation sites (tertiary alicyclic amines) is 2. The first kappa shape index (κ1) is 75.3. The van der Waals surface area contributed by atoms with Gasteiger partial charge in [0.05, 0.1) is 35.2 Å². The number of hydrogen-bond donors (Lipinski definition) is 10. The lowest BCUT2D eigenvalue weighted by molar-refractivity contribution is -0.159. The number of halogens is 2. The standard InChI is InChI=1S/2C25H29FN4O2.5C2H2O4/c2*26-21-7-5-20(6-8-21)18-30-23-4-2-1-3-22(23)27-24(30)17-19-9-11-28(12-10-19)13-14-29-15-16-32-25(29)31;5*3-1(4)2(5)6/h2*1-8,19H,9-18H2;5*(H,3,4)(H,5,6). The van der Waals surface area contributed by atoms with Crippen LogP contribution in [0.25, 0.3) is 22.1 Å². The Morgan fingerprint density at radius 3 is 0.926 bits per heavy atom. The lowest BCUT2D eigenvalue weighted by Gasteiger charge is -2.32. The third kappa shape index (κ3) is 26.0. The summed E-state index contributed by atoms with van der Waals surface area (Å²) in [5, 5.41) is 73.9. The van der Waals surface area contributed by atoms with E-state index in [1.807, 2.05) is 48.5 Å². The Labute approximate surface area is 531 Å². The van der Waals surface area contributed by atoms with Crippen molar-refractivity contribution in [1.82, 2.24) is 38.7 Å². The molecule has 34 heteroatoms. The molecule has 0 bridgehead atoms. The van der Waals surface area contributed by atoms with E-state index in [-0.39, 0.29) is 23.8 Å². The van der Waals surface area contributed by atoms with E-state index in [2.05, 4.69) is 43.2 Å². The van der Waals surface area contributed by atoms with Crippen LogP contribution in [0.3, 0.4) is 0 Å². The highest BCUT2D eigenvalue weighted by atomic mass is 19.1. The van der Waals surface area contributed by atoms with Gasteiger partial charge in [-0.3, -0.25) is 0 Å². The number of amides is 2. The number of carboxylic acids is 10. The molecule has 10 N–H and O–H groups in total. The van der Waals surface area contributed by atoms with Crippen molar-refractivity contribution in [3.63, 3.8) is 0 Å². The third-order valence-corrected chi connectivity index (χ3v) is 14.3. The number of aromatic nitrogens is 4. The summed E-state index contributed by atoms with van der Waals surface area (Å²) in [7, 11) is 0. The highest BCUT2D eigenvalue weighted by Crippen LogP contribution is 2.27. The van der Waals surface area contributed by atoms with Gasteiger partial charge in [0.2, 0.25) is 0 Å². The summed E-state index contributed by atoms with van der Waals surface area (Å²) in [6.07, 6.45) is 6.05. The number of benzene rings is 4. The number of hydrogen-bond acceptors (Lipinski definition) is 18. The number of imidazole rings is 2. The molecular weight excluding hydrogens is 1250 g/mol. The maximum atomic E-state index is 13.4. The Morgan fingerprint density at radius 1 is 0.394 bits per heavy atom. The number of aliphatic carboxylic acids is 10. The molecule has 94 heavy (non-hydrogen) atoms. The average Bonchev–Trinajstić information content (AvgIpc) is 1.65. The summed E-state index contributed by atoms with van der Waals surface area (Å²) >= 11 is 0. The second-order valence-electron chi connectivity index (χ2n) is 20.7. The maximum Gasteiger partial charge on any atom is 0.414 e. The van der Waals surface area contributed by atoms with Crippen molar-refractivity contribution in [2.75, 3.05) is 78.7 Å². The molecule has 10 rings (SSSR count). The Kier molecular flexibility index (Phi) is 30.3. The fourth-order valence-corrected chi connectivity index (χ4v) is 9.59. The summed E-state index contributed by atoms with van der Waals surface area (Å²) in [5.74, 6) is -15.3. The highest BCUT2D eigenvalue weighted by molar-refractivity contribution is 6.29. The molecule has 506 valence electrons. The number of nitrogens with zero attached hydrogens (tertiary/aromatic N) is 8. The molecule has 0 unspecified atom stereocenters. The normalized spacial score (nSPS) is 14.5. The molecule has 2 amide bonds. The molecule has 4 aromatic carbocycles. The molecule has 0 aliphatic carbocycles. The number of carboxylic acid groups (broad SMARTS) is 10. The SMILES string of the molecule is O=C(O)C(=O)O.O=C(O)C(=O)O.O=C(O)C(=O)O.O=C(O)C(=O)O.O=C(O)C(=O)O.O=C1OCCN1CCN1CCC(Cc2nc3ccccc3n2Cc2ccc(F)cc2)CC1.O=C1OCCN1CCN1CCC(Cc2nc3ccccc3n2Cc2ccc(F)cc2)CC1. The van der Waals surface area contributed by atoms with E-state index in [1.54, 1.807) is 9.80 Å². The Bertz CT molecular complexity index is 3230. The van der Waals surface area contributed by atoms with Crippen LogP contribution < -0.4 is 0 Å². The van der Waals surface area contributed by atoms with Crippen LogP contribution in [0.5, 0.6) is 0 Å². The van der Waals surface area contributed by atoms with Crippen LogP contribution in [0.2, 0.25) is 0 Å². The van der Waals surface area contributed by atoms with Crippen molar-refractivity contribution in [2.45, 2.75) is 51.6 Å². The maximum absolute atomic E-state index is 13.4. The summed E-state index contributed by atoms with van der Waals surface area (Å²) in [6, 6.07) is 30.0. The number of cyclic esters (lactones) is 2. The van der Waals surface area contributed by atoms with E-state index in [4.69, 9.17) is 118 Å². The molecule has 0 atom stereocenters. The van der Waals surface area contributed by atoms with Crippen LogP contribution in [0.15, 0.2) is 97.1 Å². The van der Waals surface area contributed by atoms with Gasteiger partial charge in [-0.2, -0.15) is 0 Å². The number of rotatable bonds is 14. The minimum atomic E-state index is -1.82. The number of ether oxygens (including phenoxy) is 2. The van der Waals surface area contributed by atoms with Crippen molar-refractivity contribution in [2.24, 2.45) is 11.8 Å². The molecule has 4 aliphatic heterocycles. The predicted molar refractivity (Wildman–Crippen MR) is 318 cm³/mol. The Balaban J connectivity index is 0.000000280. The topological polar surface area (TPSA) is 474 Å². The lowest BCUT2D eigenvalue weighted by Crippen LogP contribution is -2.40. The van der Waals surface area contributed by atoms with Gasteiger partial charge in [0, 0.05) is 52.1 Å². The minimum Gasteiger partial charge on any atom is -0.473 e. The Hall–Kier alpha value is -11.2. The molecule has 0 saturated carbocycles. The zero-order valence-electron chi connectivity index (χ0n) is 50.1. The van der Waals surface area contributed by atoms with Crippen molar-refractivity contribution < 1.29 is 127 Å². The lowest BCUT2D eigenvalue weighted by atomic mass is 9.93. The zero-order chi connectivity index (χ0) is 69.6. The van der Waals surface area contributed by atoms with Gasteiger partial charge in [-0.05, 0) is 123 Å². The van der Waals surface area contributed by atoms with Gasteiger partial charge in [0.25, 0.3) is 0 Å². The van der Waals surface area contributed by atoms with E-state index >= 15 is 0 Å². The molecule has 2 aromatic heterocycles. The van der Waals surface area contributed by atoms with Crippen LogP contribution in [0, 0.1) is 23.5 Å². The van der Waals surface area contributed by atoms with Crippen LogP contribution >= 0.6 is 0 Å². The van der Waals surface area contributed by atoms with Crippen LogP contribution in [0.4, 0.5) is 18.4 Å². The molecule has 6 aromatic rings. The first-order valence-electron chi connectivity index (χ1n) is 28.5. The highest BCUT2D eigenvalue weighted by Gasteiger charge is 2.28. The molecule has 4 saturated heterocycles. The number of carbonyl (C=O) groups excluding carboxylic acids is 2. The van der Waals surface area contributed by atoms with Gasteiger partial charge >= 0.3 is 71.9 Å². The quantitative estimate of drug-likeness (QED) is 0.0696. The fraction of sp³-hybridized carbons (Fsp3) is 0.367. The van der Waals surface area contributed by atoms with Crippen molar-refractivity contribution in [3.8, 4) is 0 Å². The molecule has 4 fully saturated rings. The second kappa shape index (κ2) is 37.9. The first-order chi connectivity index (χ1) is 44.5. The van der Waals surface area contributed by atoms with Gasteiger partial charge in [-0.25, -0.2) is 76.3 Å². The minimum absolute atomic E-state index is 0.181. The van der Waals surface area contributed by atoms with Gasteiger partial charge in [-0.15, -0.1) is 0 Å². The monoisotopic (exact) mass is 1320 g/mol. The van der Waals surface area contributed by atoms with E-state index in [0.717, 1.165) is 136 Å². The zero-order valence-corrected chi connectivity index (χ0v) is 50.1. The van der Waals surface area contributed by atoms with Crippen molar-refractivity contribution in [1.29, 1.82) is 0 Å². The van der Waals surface area contributed by atoms with E-state index in [1.165, 1.54) is 24.3 Å². The first-order valence-corrected chi connectivity index (χ1v) is 28.5. The molecule has 0 radical (unpaired) electrons. The van der Waals surface area contributed by atoms with Gasteiger partial charge < -0.3 is 89.3 Å². The van der Waals surface area contributed by atoms with Crippen molar-refractivity contribution >= 4 is 93.9 Å². The number of carbonyl (C=O) groups is 12. The van der Waals surface area contributed by atoms with Crippen molar-refractivity contribution in [3.05, 3.63) is 131 Å². The van der Waals surface area contributed by atoms with Crippen LogP contribution in [-0.4, -0.2) is 240 Å². The van der Waals surface area contributed by atoms with Gasteiger partial charge in [0.1, 0.15) is 36.5 Å².